The summed E-state index contributed by atoms with van der Waals surface area (Å²) in [6.45, 7) is 1.25. The lowest BCUT2D eigenvalue weighted by atomic mass is 10.2. The lowest BCUT2D eigenvalue weighted by Gasteiger charge is -2.16. The predicted molar refractivity (Wildman–Crippen MR) is 66.2 cm³/mol. The fourth-order valence-electron chi connectivity index (χ4n) is 0.969. The fourth-order valence-corrected chi connectivity index (χ4v) is 1.48. The normalized spacial score (nSPS) is 13.6. The molecule has 98 valence electrons. The summed E-state index contributed by atoms with van der Waals surface area (Å²) < 4.78 is 0. The van der Waals surface area contributed by atoms with E-state index in [2.05, 4.69) is 10.6 Å². The lowest BCUT2D eigenvalue weighted by Crippen LogP contribution is -2.51. The molecule has 0 bridgehead atoms. The lowest BCUT2D eigenvalue weighted by molar-refractivity contribution is -0.129. The molecule has 0 heterocycles. The minimum absolute atomic E-state index is 0.254. The van der Waals surface area contributed by atoms with E-state index in [0.29, 0.717) is 5.75 Å². The second-order valence-electron chi connectivity index (χ2n) is 3.48. The molecule has 0 aliphatic rings. The van der Waals surface area contributed by atoms with Gasteiger partial charge in [-0.15, -0.1) is 0 Å². The van der Waals surface area contributed by atoms with Gasteiger partial charge in [0, 0.05) is 5.75 Å². The Morgan fingerprint density at radius 3 is 2.35 bits per heavy atom. The minimum atomic E-state index is -0.755. The predicted octanol–water partition coefficient (Wildman–Crippen LogP) is -2.22. The van der Waals surface area contributed by atoms with Crippen LogP contribution in [0.25, 0.3) is 0 Å². The number of thioether (sulfide) groups is 1. The maximum absolute atomic E-state index is 11.5. The number of nitrogens with two attached hydrogens (primary N) is 2. The maximum Gasteiger partial charge on any atom is 0.242 e. The summed E-state index contributed by atoms with van der Waals surface area (Å²) >= 11 is 1.44. The fraction of sp³-hybridized carbons (Fsp3) is 0.667. The van der Waals surface area contributed by atoms with Crippen LogP contribution in [0.5, 0.6) is 0 Å². The van der Waals surface area contributed by atoms with Crippen LogP contribution in [0.2, 0.25) is 0 Å². The highest BCUT2D eigenvalue weighted by atomic mass is 32.2. The maximum atomic E-state index is 11.5. The van der Waals surface area contributed by atoms with Gasteiger partial charge < -0.3 is 22.1 Å². The zero-order valence-electron chi connectivity index (χ0n) is 9.86. The molecule has 0 aromatic rings. The van der Waals surface area contributed by atoms with Crippen LogP contribution >= 0.6 is 11.8 Å². The van der Waals surface area contributed by atoms with Gasteiger partial charge in [-0.25, -0.2) is 0 Å². The first-order chi connectivity index (χ1) is 7.88. The molecule has 7 nitrogen and oxygen atoms in total. The van der Waals surface area contributed by atoms with E-state index in [9.17, 15) is 14.4 Å². The quantitative estimate of drug-likeness (QED) is 0.413. The van der Waals surface area contributed by atoms with Crippen LogP contribution in [-0.4, -0.2) is 48.4 Å². The summed E-state index contributed by atoms with van der Waals surface area (Å²) in [5.74, 6) is -1.05. The summed E-state index contributed by atoms with van der Waals surface area (Å²) in [5, 5.41) is 4.73. The monoisotopic (exact) mass is 262 g/mol. The Bertz CT molecular complexity index is 298. The molecule has 2 atom stereocenters. The van der Waals surface area contributed by atoms with Gasteiger partial charge >= 0.3 is 0 Å². The van der Waals surface area contributed by atoms with Gasteiger partial charge in [-0.05, 0) is 13.2 Å². The van der Waals surface area contributed by atoms with E-state index < -0.39 is 29.8 Å². The van der Waals surface area contributed by atoms with Crippen molar-refractivity contribution in [1.29, 1.82) is 0 Å². The summed E-state index contributed by atoms with van der Waals surface area (Å²) in [4.78, 5) is 33.3. The molecule has 17 heavy (non-hydrogen) atoms. The Morgan fingerprint density at radius 2 is 1.88 bits per heavy atom. The third kappa shape index (κ3) is 6.80. The Balaban J connectivity index is 4.06. The van der Waals surface area contributed by atoms with Crippen LogP contribution in [0, 0.1) is 0 Å². The molecule has 0 saturated heterocycles. The molecule has 8 heteroatoms. The summed E-state index contributed by atoms with van der Waals surface area (Å²) in [6, 6.07) is -1.41. The van der Waals surface area contributed by atoms with Crippen molar-refractivity contribution in [2.75, 3.05) is 18.6 Å². The number of hydrogen-bond donors (Lipinski definition) is 4. The van der Waals surface area contributed by atoms with Crippen molar-refractivity contribution in [3.8, 4) is 0 Å². The summed E-state index contributed by atoms with van der Waals surface area (Å²) in [5.41, 5.74) is 10.4. The molecule has 0 radical (unpaired) electrons. The van der Waals surface area contributed by atoms with E-state index in [1.807, 2.05) is 6.26 Å². The molecule has 0 aliphatic heterocycles. The first-order valence-electron chi connectivity index (χ1n) is 4.99. The molecule has 0 unspecified atom stereocenters. The second-order valence-corrected chi connectivity index (χ2v) is 4.39. The number of hydrogen-bond acceptors (Lipinski definition) is 5. The van der Waals surface area contributed by atoms with Crippen molar-refractivity contribution in [2.45, 2.75) is 19.0 Å². The molecule has 0 spiro atoms. The van der Waals surface area contributed by atoms with Crippen molar-refractivity contribution in [3.63, 3.8) is 0 Å². The van der Waals surface area contributed by atoms with E-state index in [4.69, 9.17) is 11.5 Å². The molecular formula is C9H18N4O3S. The van der Waals surface area contributed by atoms with E-state index in [1.54, 1.807) is 0 Å². The first kappa shape index (κ1) is 15.7. The molecule has 3 amide bonds. The van der Waals surface area contributed by atoms with Gasteiger partial charge in [-0.1, -0.05) is 0 Å². The summed E-state index contributed by atoms with van der Waals surface area (Å²) in [6.07, 6.45) is 1.83. The average Bonchev–Trinajstić information content (AvgIpc) is 2.25. The summed E-state index contributed by atoms with van der Waals surface area (Å²) in [7, 11) is 0. The molecule has 0 fully saturated rings. The van der Waals surface area contributed by atoms with E-state index >= 15 is 0 Å². The standard InChI is InChI=1S/C9H18N4O3S/c1-5(8(15)12-3-7(11)14)13-9(16)6(10)4-17-2/h5-6H,3-4,10H2,1-2H3,(H2,11,14)(H,12,15)(H,13,16)/t5-,6-/m0/s1. The highest BCUT2D eigenvalue weighted by Crippen LogP contribution is 1.95. The molecule has 0 aromatic heterocycles. The SMILES string of the molecule is CSC[C@H](N)C(=O)N[C@@H](C)C(=O)NCC(N)=O. The van der Waals surface area contributed by atoms with Gasteiger partial charge in [0.25, 0.3) is 0 Å². The number of carbonyl (C=O) groups excluding carboxylic acids is 3. The molecular weight excluding hydrogens is 244 g/mol. The van der Waals surface area contributed by atoms with Gasteiger partial charge in [0.15, 0.2) is 0 Å². The number of rotatable bonds is 7. The highest BCUT2D eigenvalue weighted by molar-refractivity contribution is 7.98. The van der Waals surface area contributed by atoms with Crippen LogP contribution in [0.4, 0.5) is 0 Å². The largest absolute Gasteiger partial charge is 0.368 e. The van der Waals surface area contributed by atoms with Crippen LogP contribution in [-0.2, 0) is 14.4 Å². The zero-order chi connectivity index (χ0) is 13.4. The molecule has 0 aromatic carbocycles. The Hall–Kier alpha value is -1.28. The van der Waals surface area contributed by atoms with Crippen LogP contribution in [0.3, 0.4) is 0 Å². The first-order valence-corrected chi connectivity index (χ1v) is 6.38. The number of amides is 3. The number of carbonyl (C=O) groups is 3. The van der Waals surface area contributed by atoms with Crippen molar-refractivity contribution in [2.24, 2.45) is 11.5 Å². The smallest absolute Gasteiger partial charge is 0.242 e. The third-order valence-corrected chi connectivity index (χ3v) is 2.56. The molecule has 0 aliphatic carbocycles. The van der Waals surface area contributed by atoms with Crippen LogP contribution < -0.4 is 22.1 Å². The highest BCUT2D eigenvalue weighted by Gasteiger charge is 2.19. The van der Waals surface area contributed by atoms with Crippen molar-refractivity contribution >= 4 is 29.5 Å². The van der Waals surface area contributed by atoms with Crippen molar-refractivity contribution in [3.05, 3.63) is 0 Å². The topological polar surface area (TPSA) is 127 Å². The van der Waals surface area contributed by atoms with Crippen molar-refractivity contribution in [1.82, 2.24) is 10.6 Å². The molecule has 6 N–H and O–H groups in total. The molecule has 0 saturated carbocycles. The third-order valence-electron chi connectivity index (χ3n) is 1.87. The number of nitrogens with one attached hydrogen (secondary N) is 2. The number of primary amides is 1. The van der Waals surface area contributed by atoms with Gasteiger partial charge in [-0.2, -0.15) is 11.8 Å². The van der Waals surface area contributed by atoms with Gasteiger partial charge in [0.2, 0.25) is 17.7 Å². The minimum Gasteiger partial charge on any atom is -0.368 e. The van der Waals surface area contributed by atoms with E-state index in [1.165, 1.54) is 18.7 Å². The van der Waals surface area contributed by atoms with E-state index in [0.717, 1.165) is 0 Å². The average molecular weight is 262 g/mol. The van der Waals surface area contributed by atoms with Crippen LogP contribution in [0.15, 0.2) is 0 Å². The Labute approximate surface area is 104 Å². The van der Waals surface area contributed by atoms with E-state index in [-0.39, 0.29) is 6.54 Å². The Kier molecular flexibility index (Phi) is 7.31. The zero-order valence-corrected chi connectivity index (χ0v) is 10.7. The van der Waals surface area contributed by atoms with Gasteiger partial charge in [0.1, 0.15) is 6.04 Å². The van der Waals surface area contributed by atoms with Crippen molar-refractivity contribution < 1.29 is 14.4 Å². The van der Waals surface area contributed by atoms with Gasteiger partial charge in [-0.3, -0.25) is 14.4 Å². The Morgan fingerprint density at radius 1 is 1.29 bits per heavy atom. The van der Waals surface area contributed by atoms with Gasteiger partial charge in [0.05, 0.1) is 12.6 Å². The second kappa shape index (κ2) is 7.91. The van der Waals surface area contributed by atoms with Crippen LogP contribution in [0.1, 0.15) is 6.92 Å². The molecule has 0 rings (SSSR count).